The van der Waals surface area contributed by atoms with Gasteiger partial charge in [0.15, 0.2) is 0 Å². The minimum atomic E-state index is -3.72. The van der Waals surface area contributed by atoms with Crippen molar-refractivity contribution in [3.05, 3.63) is 90.2 Å². The van der Waals surface area contributed by atoms with Gasteiger partial charge in [-0.15, -0.1) is 11.8 Å². The normalized spacial score (nSPS) is 11.1. The van der Waals surface area contributed by atoms with Crippen LogP contribution in [0.25, 0.3) is 0 Å². The zero-order valence-electron chi connectivity index (χ0n) is 16.0. The van der Waals surface area contributed by atoms with Crippen molar-refractivity contribution in [2.75, 3.05) is 10.5 Å². The van der Waals surface area contributed by atoms with Gasteiger partial charge >= 0.3 is 0 Å². The van der Waals surface area contributed by atoms with Gasteiger partial charge in [0, 0.05) is 23.6 Å². The van der Waals surface area contributed by atoms with Gasteiger partial charge in [0.25, 0.3) is 10.0 Å². The van der Waals surface area contributed by atoms with E-state index in [0.717, 1.165) is 0 Å². The lowest BCUT2D eigenvalue weighted by Gasteiger charge is -2.13. The van der Waals surface area contributed by atoms with Crippen LogP contribution in [0.2, 0.25) is 0 Å². The number of rotatable bonds is 9. The van der Waals surface area contributed by atoms with Gasteiger partial charge in [-0.3, -0.25) is 9.52 Å². The Labute approximate surface area is 179 Å². The molecule has 0 saturated heterocycles. The first-order chi connectivity index (χ1) is 14.5. The fourth-order valence-electron chi connectivity index (χ4n) is 2.68. The average molecular weight is 445 g/mol. The van der Waals surface area contributed by atoms with Crippen molar-refractivity contribution >= 4 is 33.4 Å². The monoisotopic (exact) mass is 444 g/mol. The van der Waals surface area contributed by atoms with E-state index in [2.05, 4.69) is 10.0 Å². The topological polar surface area (TPSA) is 75.3 Å². The number of amides is 1. The summed E-state index contributed by atoms with van der Waals surface area (Å²) in [6.07, 6.45) is 0.219. The van der Waals surface area contributed by atoms with Crippen molar-refractivity contribution in [1.82, 2.24) is 5.32 Å². The molecule has 3 rings (SSSR count). The second-order valence-electron chi connectivity index (χ2n) is 6.38. The van der Waals surface area contributed by atoms with Crippen LogP contribution in [0.15, 0.2) is 88.7 Å². The fourth-order valence-corrected chi connectivity index (χ4v) is 4.69. The molecule has 0 saturated carbocycles. The minimum Gasteiger partial charge on any atom is -0.352 e. The number of hydrogen-bond acceptors (Lipinski definition) is 4. The number of hydrogen-bond donors (Lipinski definition) is 2. The summed E-state index contributed by atoms with van der Waals surface area (Å²) in [6.45, 7) is 0.177. The summed E-state index contributed by atoms with van der Waals surface area (Å²) in [5.41, 5.74) is 1.05. The Kier molecular flexibility index (Phi) is 7.48. The molecule has 0 spiro atoms. The molecular formula is C22H21FN2O3S2. The van der Waals surface area contributed by atoms with E-state index >= 15 is 0 Å². The van der Waals surface area contributed by atoms with Crippen LogP contribution in [0, 0.1) is 5.82 Å². The molecule has 1 amide bonds. The number of thioether (sulfide) groups is 1. The molecule has 0 aliphatic rings. The van der Waals surface area contributed by atoms with E-state index in [-0.39, 0.29) is 29.6 Å². The zero-order chi connectivity index (χ0) is 21.4. The summed E-state index contributed by atoms with van der Waals surface area (Å²) >= 11 is 1.28. The standard InChI is InChI=1S/C22H21FN2O3S2/c23-19-11-5-7-13-21(19)29-15-14-22(26)24-16-17-8-4-6-12-20(17)25-30(27,28)18-9-2-1-3-10-18/h1-13,25H,14-16H2,(H,24,26). The van der Waals surface area contributed by atoms with Gasteiger partial charge in [-0.1, -0.05) is 48.5 Å². The molecule has 0 atom stereocenters. The molecule has 0 heterocycles. The lowest BCUT2D eigenvalue weighted by molar-refractivity contribution is -0.120. The summed E-state index contributed by atoms with van der Waals surface area (Å²) in [7, 11) is -3.72. The van der Waals surface area contributed by atoms with Gasteiger partial charge in [-0.2, -0.15) is 0 Å². The first kappa shape index (κ1) is 21.9. The summed E-state index contributed by atoms with van der Waals surface area (Å²) < 4.78 is 41.3. The van der Waals surface area contributed by atoms with Crippen molar-refractivity contribution in [1.29, 1.82) is 0 Å². The van der Waals surface area contributed by atoms with E-state index in [1.807, 2.05) is 0 Å². The van der Waals surface area contributed by atoms with E-state index in [4.69, 9.17) is 0 Å². The van der Waals surface area contributed by atoms with E-state index in [0.29, 0.717) is 21.9 Å². The molecule has 0 fully saturated rings. The number of carbonyl (C=O) groups excluding carboxylic acids is 1. The third-order valence-electron chi connectivity index (χ3n) is 4.21. The van der Waals surface area contributed by atoms with Crippen molar-refractivity contribution in [3.63, 3.8) is 0 Å². The molecule has 0 aromatic heterocycles. The highest BCUT2D eigenvalue weighted by molar-refractivity contribution is 7.99. The molecule has 3 aromatic rings. The van der Waals surface area contributed by atoms with E-state index in [1.165, 1.54) is 30.0 Å². The summed E-state index contributed by atoms with van der Waals surface area (Å²) in [6, 6.07) is 21.4. The lowest BCUT2D eigenvalue weighted by atomic mass is 10.2. The highest BCUT2D eigenvalue weighted by Gasteiger charge is 2.15. The quantitative estimate of drug-likeness (QED) is 0.479. The van der Waals surface area contributed by atoms with Gasteiger partial charge in [-0.05, 0) is 35.9 Å². The number of benzene rings is 3. The van der Waals surface area contributed by atoms with Crippen LogP contribution in [0.3, 0.4) is 0 Å². The minimum absolute atomic E-state index is 0.161. The number of nitrogens with one attached hydrogen (secondary N) is 2. The smallest absolute Gasteiger partial charge is 0.261 e. The summed E-state index contributed by atoms with van der Waals surface area (Å²) in [5.74, 6) is -0.0585. The second kappa shape index (κ2) is 10.3. The number of carbonyl (C=O) groups is 1. The van der Waals surface area contributed by atoms with Crippen LogP contribution in [-0.2, 0) is 21.4 Å². The van der Waals surface area contributed by atoms with Crippen molar-refractivity contribution in [2.24, 2.45) is 0 Å². The molecule has 8 heteroatoms. The van der Waals surface area contributed by atoms with E-state index in [9.17, 15) is 17.6 Å². The first-order valence-corrected chi connectivity index (χ1v) is 11.7. The van der Waals surface area contributed by atoms with Crippen molar-refractivity contribution in [2.45, 2.75) is 22.8 Å². The first-order valence-electron chi connectivity index (χ1n) is 9.25. The molecule has 3 aromatic carbocycles. The Balaban J connectivity index is 1.56. The highest BCUT2D eigenvalue weighted by atomic mass is 32.2. The third-order valence-corrected chi connectivity index (χ3v) is 6.65. The predicted molar refractivity (Wildman–Crippen MR) is 117 cm³/mol. The third kappa shape index (κ3) is 6.08. The van der Waals surface area contributed by atoms with Crippen molar-refractivity contribution in [3.8, 4) is 0 Å². The van der Waals surface area contributed by atoms with Crippen LogP contribution in [-0.4, -0.2) is 20.1 Å². The Hall–Kier alpha value is -2.84. The molecule has 30 heavy (non-hydrogen) atoms. The van der Waals surface area contributed by atoms with Gasteiger partial charge < -0.3 is 5.32 Å². The molecule has 0 radical (unpaired) electrons. The number of halogens is 1. The summed E-state index contributed by atoms with van der Waals surface area (Å²) in [4.78, 5) is 12.8. The van der Waals surface area contributed by atoms with Crippen LogP contribution in [0.4, 0.5) is 10.1 Å². The van der Waals surface area contributed by atoms with Gasteiger partial charge in [0.1, 0.15) is 5.82 Å². The number of sulfonamides is 1. The maximum atomic E-state index is 13.6. The highest BCUT2D eigenvalue weighted by Crippen LogP contribution is 2.22. The SMILES string of the molecule is O=C(CCSc1ccccc1F)NCc1ccccc1NS(=O)(=O)c1ccccc1. The largest absolute Gasteiger partial charge is 0.352 e. The molecule has 0 bridgehead atoms. The molecule has 156 valence electrons. The maximum absolute atomic E-state index is 13.6. The van der Waals surface area contributed by atoms with E-state index in [1.54, 1.807) is 60.7 Å². The van der Waals surface area contributed by atoms with Crippen LogP contribution in [0.5, 0.6) is 0 Å². The molecule has 0 unspecified atom stereocenters. The van der Waals surface area contributed by atoms with Gasteiger partial charge in [0.05, 0.1) is 10.6 Å². The second-order valence-corrected chi connectivity index (χ2v) is 9.20. The fraction of sp³-hybridized carbons (Fsp3) is 0.136. The molecule has 0 aliphatic heterocycles. The Morgan fingerprint density at radius 3 is 2.33 bits per heavy atom. The van der Waals surface area contributed by atoms with Crippen LogP contribution < -0.4 is 10.0 Å². The Morgan fingerprint density at radius 1 is 0.900 bits per heavy atom. The lowest BCUT2D eigenvalue weighted by Crippen LogP contribution is -2.24. The van der Waals surface area contributed by atoms with Gasteiger partial charge in [0.2, 0.25) is 5.91 Å². The molecular weight excluding hydrogens is 423 g/mol. The molecule has 5 nitrogen and oxygen atoms in total. The Bertz CT molecular complexity index is 1110. The summed E-state index contributed by atoms with van der Waals surface area (Å²) in [5, 5.41) is 2.78. The van der Waals surface area contributed by atoms with Crippen LogP contribution >= 0.6 is 11.8 Å². The predicted octanol–water partition coefficient (Wildman–Crippen LogP) is 4.43. The van der Waals surface area contributed by atoms with Gasteiger partial charge in [-0.25, -0.2) is 12.8 Å². The number of anilines is 1. The Morgan fingerprint density at radius 2 is 1.57 bits per heavy atom. The maximum Gasteiger partial charge on any atom is 0.261 e. The van der Waals surface area contributed by atoms with E-state index < -0.39 is 10.0 Å². The average Bonchev–Trinajstić information content (AvgIpc) is 2.75. The van der Waals surface area contributed by atoms with Crippen molar-refractivity contribution < 1.29 is 17.6 Å². The zero-order valence-corrected chi connectivity index (χ0v) is 17.7. The molecule has 2 N–H and O–H groups in total. The van der Waals surface area contributed by atoms with Crippen LogP contribution in [0.1, 0.15) is 12.0 Å². The number of para-hydroxylation sites is 1. The molecule has 0 aliphatic carbocycles.